The van der Waals surface area contributed by atoms with Crippen molar-refractivity contribution in [2.75, 3.05) is 47.0 Å². The van der Waals surface area contributed by atoms with E-state index in [2.05, 4.69) is 5.32 Å². The number of ether oxygens (including phenoxy) is 3. The van der Waals surface area contributed by atoms with Gasteiger partial charge in [-0.1, -0.05) is 29.8 Å². The van der Waals surface area contributed by atoms with Crippen molar-refractivity contribution in [2.45, 2.75) is 32.4 Å². The van der Waals surface area contributed by atoms with Gasteiger partial charge in [-0.05, 0) is 44.0 Å². The first-order valence-corrected chi connectivity index (χ1v) is 12.7. The third-order valence-corrected chi connectivity index (χ3v) is 7.08. The molecule has 0 radical (unpaired) electrons. The number of carbonyl (C=O) groups is 3. The maximum Gasteiger partial charge on any atom is 0.311 e. The van der Waals surface area contributed by atoms with Crippen LogP contribution in [0.5, 0.6) is 11.5 Å². The number of benzene rings is 2. The number of esters is 1. The first kappa shape index (κ1) is 26.5. The second-order valence-electron chi connectivity index (χ2n) is 9.32. The summed E-state index contributed by atoms with van der Waals surface area (Å²) in [5.74, 6) is -0.691. The Labute approximate surface area is 217 Å². The predicted molar refractivity (Wildman–Crippen MR) is 138 cm³/mol. The highest BCUT2D eigenvalue weighted by molar-refractivity contribution is 5.99. The number of piperazine rings is 1. The molecule has 2 amide bonds. The average Bonchev–Trinajstić information content (AvgIpc) is 3.33. The van der Waals surface area contributed by atoms with Crippen LogP contribution in [0.1, 0.15) is 40.9 Å². The molecule has 0 bridgehead atoms. The van der Waals surface area contributed by atoms with E-state index in [9.17, 15) is 14.4 Å². The molecule has 1 N–H and O–H groups in total. The van der Waals surface area contributed by atoms with Crippen molar-refractivity contribution in [1.29, 1.82) is 0 Å². The van der Waals surface area contributed by atoms with Crippen molar-refractivity contribution in [2.24, 2.45) is 5.92 Å². The Bertz CT molecular complexity index is 1130. The average molecular weight is 510 g/mol. The number of hydrogen-bond acceptors (Lipinski definition) is 7. The number of aryl methyl sites for hydroxylation is 1. The second kappa shape index (κ2) is 11.6. The van der Waals surface area contributed by atoms with Crippen molar-refractivity contribution in [3.8, 4) is 11.5 Å². The molecule has 3 atom stereocenters. The highest BCUT2D eigenvalue weighted by atomic mass is 16.5. The number of methoxy groups -OCH3 is 2. The molecule has 9 nitrogen and oxygen atoms in total. The fourth-order valence-electron chi connectivity index (χ4n) is 5.20. The van der Waals surface area contributed by atoms with Crippen LogP contribution in [0.4, 0.5) is 0 Å². The van der Waals surface area contributed by atoms with Gasteiger partial charge in [-0.3, -0.25) is 14.4 Å². The van der Waals surface area contributed by atoms with Crippen molar-refractivity contribution in [3.05, 3.63) is 59.2 Å². The van der Waals surface area contributed by atoms with Crippen LogP contribution < -0.4 is 14.8 Å². The minimum Gasteiger partial charge on any atom is -0.493 e. The minimum absolute atomic E-state index is 0.153. The van der Waals surface area contributed by atoms with Crippen LogP contribution in [0.2, 0.25) is 0 Å². The zero-order valence-corrected chi connectivity index (χ0v) is 21.9. The molecule has 9 heteroatoms. The summed E-state index contributed by atoms with van der Waals surface area (Å²) in [5.41, 5.74) is 2.19. The monoisotopic (exact) mass is 509 g/mol. The Balaban J connectivity index is 1.81. The molecule has 2 aliphatic heterocycles. The summed E-state index contributed by atoms with van der Waals surface area (Å²) in [5, 5.41) is 3.25. The van der Waals surface area contributed by atoms with Gasteiger partial charge in [-0.15, -0.1) is 0 Å². The van der Waals surface area contributed by atoms with E-state index in [1.165, 1.54) is 14.2 Å². The molecular formula is C28H35N3O6. The van der Waals surface area contributed by atoms with Crippen LogP contribution in [-0.4, -0.2) is 80.6 Å². The molecule has 37 heavy (non-hydrogen) atoms. The van der Waals surface area contributed by atoms with E-state index in [0.717, 1.165) is 11.1 Å². The van der Waals surface area contributed by atoms with Crippen LogP contribution in [0.25, 0.3) is 0 Å². The number of likely N-dealkylation sites (tertiary alicyclic amines) is 1. The number of nitrogens with one attached hydrogen (secondary N) is 1. The third-order valence-electron chi connectivity index (χ3n) is 7.08. The Hall–Kier alpha value is -3.59. The first-order valence-electron chi connectivity index (χ1n) is 12.7. The van der Waals surface area contributed by atoms with Crippen molar-refractivity contribution in [1.82, 2.24) is 15.1 Å². The molecular weight excluding hydrogens is 474 g/mol. The maximum absolute atomic E-state index is 14.2. The molecule has 2 aliphatic rings. The van der Waals surface area contributed by atoms with E-state index in [1.807, 2.05) is 31.2 Å². The quantitative estimate of drug-likeness (QED) is 0.573. The zero-order valence-electron chi connectivity index (χ0n) is 21.9. The summed E-state index contributed by atoms with van der Waals surface area (Å²) in [7, 11) is 3.03. The topological polar surface area (TPSA) is 97.4 Å². The van der Waals surface area contributed by atoms with Crippen LogP contribution in [0.3, 0.4) is 0 Å². The highest BCUT2D eigenvalue weighted by Crippen LogP contribution is 2.44. The molecule has 2 heterocycles. The fraction of sp³-hybridized carbons (Fsp3) is 0.464. The molecule has 2 aromatic carbocycles. The molecule has 3 unspecified atom stereocenters. The number of nitrogens with zero attached hydrogens (tertiary/aromatic N) is 2. The van der Waals surface area contributed by atoms with E-state index >= 15 is 0 Å². The summed E-state index contributed by atoms with van der Waals surface area (Å²) in [6, 6.07) is 11.2. The number of hydrogen-bond donors (Lipinski definition) is 1. The molecule has 0 spiro atoms. The van der Waals surface area contributed by atoms with Crippen molar-refractivity contribution in [3.63, 3.8) is 0 Å². The molecule has 2 fully saturated rings. The van der Waals surface area contributed by atoms with Gasteiger partial charge in [0.05, 0.1) is 32.8 Å². The Morgan fingerprint density at radius 3 is 2.27 bits per heavy atom. The second-order valence-corrected chi connectivity index (χ2v) is 9.32. The molecule has 198 valence electrons. The lowest BCUT2D eigenvalue weighted by molar-refractivity contribution is -0.148. The van der Waals surface area contributed by atoms with E-state index in [1.54, 1.807) is 34.9 Å². The standard InChI is InChI=1S/C28H35N3O6/c1-5-37-28(34)21-17-22(27(33)30-14-12-29-13-15-30)31(25(21)19-8-6-18(2)7-9-19)26(32)20-10-11-23(35-3)24(16-20)36-4/h6-11,16,21-22,25,29H,5,12-15,17H2,1-4H3. The largest absolute Gasteiger partial charge is 0.493 e. The zero-order chi connectivity index (χ0) is 26.5. The minimum atomic E-state index is -0.806. The van der Waals surface area contributed by atoms with E-state index < -0.39 is 24.0 Å². The Morgan fingerprint density at radius 1 is 0.973 bits per heavy atom. The molecule has 0 aliphatic carbocycles. The van der Waals surface area contributed by atoms with Gasteiger partial charge >= 0.3 is 5.97 Å². The van der Waals surface area contributed by atoms with E-state index in [-0.39, 0.29) is 24.8 Å². The van der Waals surface area contributed by atoms with Gasteiger partial charge in [-0.2, -0.15) is 0 Å². The summed E-state index contributed by atoms with van der Waals surface area (Å²) < 4.78 is 16.2. The van der Waals surface area contributed by atoms with Gasteiger partial charge in [0, 0.05) is 31.7 Å². The summed E-state index contributed by atoms with van der Waals surface area (Å²) in [6.45, 7) is 6.42. The third kappa shape index (κ3) is 5.41. The van der Waals surface area contributed by atoms with E-state index in [4.69, 9.17) is 14.2 Å². The lowest BCUT2D eigenvalue weighted by atomic mass is 9.92. The van der Waals surface area contributed by atoms with Crippen LogP contribution in [-0.2, 0) is 14.3 Å². The summed E-state index contributed by atoms with van der Waals surface area (Å²) in [6.07, 6.45) is 0.194. The summed E-state index contributed by atoms with van der Waals surface area (Å²) in [4.78, 5) is 44.6. The van der Waals surface area contributed by atoms with E-state index in [0.29, 0.717) is 43.2 Å². The number of carbonyl (C=O) groups excluding carboxylic acids is 3. The van der Waals surface area contributed by atoms with Gasteiger partial charge in [0.2, 0.25) is 5.91 Å². The molecule has 0 saturated carbocycles. The summed E-state index contributed by atoms with van der Waals surface area (Å²) >= 11 is 0. The normalized spacial score (nSPS) is 21.5. The Kier molecular flexibility index (Phi) is 8.33. The molecule has 0 aromatic heterocycles. The lowest BCUT2D eigenvalue weighted by Crippen LogP contribution is -2.53. The SMILES string of the molecule is CCOC(=O)C1CC(C(=O)N2CCNCC2)N(C(=O)c2ccc(OC)c(OC)c2)C1c1ccc(C)cc1. The fourth-order valence-corrected chi connectivity index (χ4v) is 5.20. The molecule has 2 saturated heterocycles. The van der Waals surface area contributed by atoms with Gasteiger partial charge in [0.1, 0.15) is 6.04 Å². The highest BCUT2D eigenvalue weighted by Gasteiger charge is 2.52. The van der Waals surface area contributed by atoms with Crippen molar-refractivity contribution >= 4 is 17.8 Å². The van der Waals surface area contributed by atoms with Crippen LogP contribution in [0.15, 0.2) is 42.5 Å². The van der Waals surface area contributed by atoms with Crippen LogP contribution in [0, 0.1) is 12.8 Å². The number of amides is 2. The maximum atomic E-state index is 14.2. The molecule has 2 aromatic rings. The predicted octanol–water partition coefficient (Wildman–Crippen LogP) is 2.58. The molecule has 4 rings (SSSR count). The van der Waals surface area contributed by atoms with Crippen LogP contribution >= 0.6 is 0 Å². The van der Waals surface area contributed by atoms with Gasteiger partial charge in [-0.25, -0.2) is 0 Å². The lowest BCUT2D eigenvalue weighted by Gasteiger charge is -2.35. The van der Waals surface area contributed by atoms with Gasteiger partial charge < -0.3 is 29.3 Å². The van der Waals surface area contributed by atoms with Gasteiger partial charge in [0.15, 0.2) is 11.5 Å². The van der Waals surface area contributed by atoms with Gasteiger partial charge in [0.25, 0.3) is 5.91 Å². The van der Waals surface area contributed by atoms with Crippen molar-refractivity contribution < 1.29 is 28.6 Å². The Morgan fingerprint density at radius 2 is 1.65 bits per heavy atom. The number of rotatable bonds is 7. The first-order chi connectivity index (χ1) is 17.9. The smallest absolute Gasteiger partial charge is 0.311 e.